The number of β-amino-alcohol motifs (C(OH)–C–C–N with tert-alkyl or cyclic N) is 1. The van der Waals surface area contributed by atoms with Crippen LogP contribution in [0.15, 0.2) is 0 Å². The van der Waals surface area contributed by atoms with Crippen molar-refractivity contribution < 1.29 is 14.6 Å². The van der Waals surface area contributed by atoms with Crippen LogP contribution in [-0.2, 0) is 9.53 Å². The SMILES string of the molecule is CCCNC1CCCN(CC2(O)CCOC2)C1=O. The number of carbonyl (C=O) groups is 1. The van der Waals surface area contributed by atoms with E-state index in [2.05, 4.69) is 12.2 Å². The number of aliphatic hydroxyl groups is 1. The molecular formula is C13H24N2O3. The summed E-state index contributed by atoms with van der Waals surface area (Å²) in [5.41, 5.74) is -0.831. The molecule has 2 saturated heterocycles. The van der Waals surface area contributed by atoms with Gasteiger partial charge in [0.25, 0.3) is 0 Å². The van der Waals surface area contributed by atoms with Gasteiger partial charge in [0.1, 0.15) is 5.60 Å². The standard InChI is InChI=1S/C13H24N2O3/c1-2-6-14-11-4-3-7-15(12(11)16)9-13(17)5-8-18-10-13/h11,14,17H,2-10H2,1H3. The average Bonchev–Trinajstić information content (AvgIpc) is 2.77. The molecule has 0 radical (unpaired) electrons. The summed E-state index contributed by atoms with van der Waals surface area (Å²) in [6, 6.07) is -0.0652. The summed E-state index contributed by atoms with van der Waals surface area (Å²) >= 11 is 0. The van der Waals surface area contributed by atoms with E-state index in [4.69, 9.17) is 4.74 Å². The molecule has 2 rings (SSSR count). The van der Waals surface area contributed by atoms with Gasteiger partial charge in [0.15, 0.2) is 0 Å². The van der Waals surface area contributed by atoms with Crippen LogP contribution in [0.4, 0.5) is 0 Å². The van der Waals surface area contributed by atoms with Crippen LogP contribution in [0.1, 0.15) is 32.6 Å². The zero-order valence-corrected chi connectivity index (χ0v) is 11.2. The molecule has 5 heteroatoms. The van der Waals surface area contributed by atoms with Gasteiger partial charge in [0, 0.05) is 19.6 Å². The summed E-state index contributed by atoms with van der Waals surface area (Å²) in [7, 11) is 0. The summed E-state index contributed by atoms with van der Waals surface area (Å²) in [6.07, 6.45) is 3.57. The summed E-state index contributed by atoms with van der Waals surface area (Å²) in [6.45, 7) is 5.08. The lowest BCUT2D eigenvalue weighted by molar-refractivity contribution is -0.140. The molecule has 5 nitrogen and oxygen atoms in total. The zero-order chi connectivity index (χ0) is 13.0. The topological polar surface area (TPSA) is 61.8 Å². The second-order valence-corrected chi connectivity index (χ2v) is 5.44. The number of likely N-dealkylation sites (tertiary alicyclic amines) is 1. The first kappa shape index (κ1) is 13.8. The number of carbonyl (C=O) groups excluding carboxylic acids is 1. The molecule has 0 bridgehead atoms. The second kappa shape index (κ2) is 5.99. The third-order valence-corrected chi connectivity index (χ3v) is 3.74. The maximum absolute atomic E-state index is 12.3. The molecule has 2 N–H and O–H groups in total. The lowest BCUT2D eigenvalue weighted by atomic mass is 9.99. The minimum Gasteiger partial charge on any atom is -0.386 e. The van der Waals surface area contributed by atoms with Crippen LogP contribution in [0.5, 0.6) is 0 Å². The highest BCUT2D eigenvalue weighted by molar-refractivity contribution is 5.82. The molecule has 0 aromatic rings. The van der Waals surface area contributed by atoms with Crippen LogP contribution >= 0.6 is 0 Å². The first-order valence-electron chi connectivity index (χ1n) is 6.97. The van der Waals surface area contributed by atoms with Crippen LogP contribution in [-0.4, -0.2) is 60.4 Å². The average molecular weight is 256 g/mol. The molecular weight excluding hydrogens is 232 g/mol. The molecule has 0 aliphatic carbocycles. The van der Waals surface area contributed by atoms with Crippen LogP contribution in [0.2, 0.25) is 0 Å². The normalized spacial score (nSPS) is 33.1. The van der Waals surface area contributed by atoms with Crippen molar-refractivity contribution in [1.29, 1.82) is 0 Å². The van der Waals surface area contributed by atoms with E-state index in [1.807, 2.05) is 0 Å². The fourth-order valence-corrected chi connectivity index (χ4v) is 2.68. The quantitative estimate of drug-likeness (QED) is 0.734. The minimum atomic E-state index is -0.831. The molecule has 2 aliphatic heterocycles. The van der Waals surface area contributed by atoms with Crippen molar-refractivity contribution in [3.8, 4) is 0 Å². The Hall–Kier alpha value is -0.650. The van der Waals surface area contributed by atoms with Crippen LogP contribution < -0.4 is 5.32 Å². The number of nitrogens with one attached hydrogen (secondary N) is 1. The predicted octanol–water partition coefficient (Wildman–Crippen LogP) is 0.128. The van der Waals surface area contributed by atoms with E-state index in [9.17, 15) is 9.90 Å². The van der Waals surface area contributed by atoms with Crippen LogP contribution in [0.25, 0.3) is 0 Å². The van der Waals surface area contributed by atoms with Crippen molar-refractivity contribution in [2.24, 2.45) is 0 Å². The third kappa shape index (κ3) is 3.22. The smallest absolute Gasteiger partial charge is 0.239 e. The largest absolute Gasteiger partial charge is 0.386 e. The minimum absolute atomic E-state index is 0.0652. The van der Waals surface area contributed by atoms with Crippen LogP contribution in [0.3, 0.4) is 0 Å². The predicted molar refractivity (Wildman–Crippen MR) is 68.3 cm³/mol. The lowest BCUT2D eigenvalue weighted by Gasteiger charge is -2.36. The highest BCUT2D eigenvalue weighted by Gasteiger charge is 2.38. The van der Waals surface area contributed by atoms with E-state index >= 15 is 0 Å². The van der Waals surface area contributed by atoms with E-state index in [0.29, 0.717) is 26.2 Å². The summed E-state index contributed by atoms with van der Waals surface area (Å²) in [5, 5.41) is 13.6. The monoisotopic (exact) mass is 256 g/mol. The fourth-order valence-electron chi connectivity index (χ4n) is 2.68. The number of hydrogen-bond donors (Lipinski definition) is 2. The Bertz CT molecular complexity index is 290. The molecule has 2 heterocycles. The fraction of sp³-hybridized carbons (Fsp3) is 0.923. The van der Waals surface area contributed by atoms with Gasteiger partial charge >= 0.3 is 0 Å². The zero-order valence-electron chi connectivity index (χ0n) is 11.2. The Morgan fingerprint density at radius 2 is 2.44 bits per heavy atom. The molecule has 18 heavy (non-hydrogen) atoms. The molecule has 2 fully saturated rings. The Balaban J connectivity index is 1.89. The van der Waals surface area contributed by atoms with Gasteiger partial charge in [-0.1, -0.05) is 6.92 Å². The highest BCUT2D eigenvalue weighted by Crippen LogP contribution is 2.22. The maximum atomic E-state index is 12.3. The van der Waals surface area contributed by atoms with Crippen LogP contribution in [0, 0.1) is 0 Å². The number of amides is 1. The van der Waals surface area contributed by atoms with Gasteiger partial charge in [-0.15, -0.1) is 0 Å². The molecule has 0 aromatic carbocycles. The number of hydrogen-bond acceptors (Lipinski definition) is 4. The van der Waals surface area contributed by atoms with Crippen molar-refractivity contribution in [3.05, 3.63) is 0 Å². The molecule has 104 valence electrons. The summed E-state index contributed by atoms with van der Waals surface area (Å²) in [5.74, 6) is 0.134. The highest BCUT2D eigenvalue weighted by atomic mass is 16.5. The number of ether oxygens (including phenoxy) is 1. The number of rotatable bonds is 5. The summed E-state index contributed by atoms with van der Waals surface area (Å²) in [4.78, 5) is 14.1. The Morgan fingerprint density at radius 1 is 1.61 bits per heavy atom. The van der Waals surface area contributed by atoms with Crippen molar-refractivity contribution in [2.45, 2.75) is 44.2 Å². The summed E-state index contributed by atoms with van der Waals surface area (Å²) < 4.78 is 5.23. The molecule has 0 spiro atoms. The molecule has 0 saturated carbocycles. The van der Waals surface area contributed by atoms with Gasteiger partial charge < -0.3 is 20.1 Å². The third-order valence-electron chi connectivity index (χ3n) is 3.74. The molecule has 2 aliphatic rings. The van der Waals surface area contributed by atoms with Crippen molar-refractivity contribution in [1.82, 2.24) is 10.2 Å². The lowest BCUT2D eigenvalue weighted by Crippen LogP contribution is -2.55. The maximum Gasteiger partial charge on any atom is 0.239 e. The van der Waals surface area contributed by atoms with Gasteiger partial charge in [0.05, 0.1) is 19.2 Å². The van der Waals surface area contributed by atoms with E-state index < -0.39 is 5.60 Å². The molecule has 0 aromatic heterocycles. The van der Waals surface area contributed by atoms with Gasteiger partial charge in [-0.05, 0) is 25.8 Å². The van der Waals surface area contributed by atoms with Crippen molar-refractivity contribution >= 4 is 5.91 Å². The Morgan fingerprint density at radius 3 is 3.11 bits per heavy atom. The first-order valence-corrected chi connectivity index (χ1v) is 6.97. The molecule has 2 atom stereocenters. The van der Waals surface area contributed by atoms with E-state index in [0.717, 1.165) is 32.4 Å². The Labute approximate surface area is 108 Å². The Kier molecular flexibility index (Phi) is 4.59. The van der Waals surface area contributed by atoms with E-state index in [1.54, 1.807) is 4.90 Å². The van der Waals surface area contributed by atoms with Crippen molar-refractivity contribution in [2.75, 3.05) is 32.8 Å². The van der Waals surface area contributed by atoms with Gasteiger partial charge in [0.2, 0.25) is 5.91 Å². The van der Waals surface area contributed by atoms with Gasteiger partial charge in [-0.2, -0.15) is 0 Å². The molecule has 1 amide bonds. The van der Waals surface area contributed by atoms with E-state index in [-0.39, 0.29) is 11.9 Å². The second-order valence-electron chi connectivity index (χ2n) is 5.44. The number of piperidine rings is 1. The van der Waals surface area contributed by atoms with E-state index in [1.165, 1.54) is 0 Å². The molecule has 2 unspecified atom stereocenters. The van der Waals surface area contributed by atoms with Gasteiger partial charge in [-0.25, -0.2) is 0 Å². The van der Waals surface area contributed by atoms with Gasteiger partial charge in [-0.3, -0.25) is 4.79 Å². The first-order chi connectivity index (χ1) is 8.64. The van der Waals surface area contributed by atoms with Crippen molar-refractivity contribution in [3.63, 3.8) is 0 Å². The number of nitrogens with zero attached hydrogens (tertiary/aromatic N) is 1.